The molecule has 0 aromatic rings. The van der Waals surface area contributed by atoms with Gasteiger partial charge in [0.15, 0.2) is 6.10 Å². The molecular weight excluding hydrogens is 227 g/mol. The fraction of sp³-hybridized carbons (Fsp3) is 0.833. The van der Waals surface area contributed by atoms with Gasteiger partial charge in [-0.25, -0.2) is 0 Å². The first-order chi connectivity index (χ1) is 5.91. The number of hydrogen-bond acceptors (Lipinski definition) is 6. The van der Waals surface area contributed by atoms with Crippen molar-refractivity contribution in [2.24, 2.45) is 0 Å². The van der Waals surface area contributed by atoms with E-state index in [0.717, 1.165) is 0 Å². The van der Waals surface area contributed by atoms with Crippen LogP contribution in [0.2, 0.25) is 0 Å². The molecule has 0 unspecified atom stereocenters. The van der Waals surface area contributed by atoms with Crippen molar-refractivity contribution >= 4 is 46.4 Å². The van der Waals surface area contributed by atoms with Crippen LogP contribution in [0.25, 0.3) is 0 Å². The molecule has 0 aromatic heterocycles. The van der Waals surface area contributed by atoms with Crippen LogP contribution < -0.4 is 0 Å². The zero-order valence-corrected chi connectivity index (χ0v) is 7.29. The third-order valence-corrected chi connectivity index (χ3v) is 1.71. The third kappa shape index (κ3) is 5.01. The van der Waals surface area contributed by atoms with Crippen LogP contribution in [0.1, 0.15) is 0 Å². The van der Waals surface area contributed by atoms with Crippen LogP contribution in [0.4, 0.5) is 0 Å². The van der Waals surface area contributed by atoms with Crippen molar-refractivity contribution in [3.8, 4) is 0 Å². The first kappa shape index (κ1) is 17.2. The molecule has 80 valence electrons. The topological polar surface area (TPSA) is 118 Å². The number of aliphatic hydroxyl groups is 5. The van der Waals surface area contributed by atoms with Crippen molar-refractivity contribution in [1.82, 2.24) is 0 Å². The van der Waals surface area contributed by atoms with Gasteiger partial charge < -0.3 is 25.5 Å². The SMILES string of the molecule is O=C(Cl)[C@H](O)[C@@H](O)[C@H](O)[C@H](O)CO.[NaH]. The first-order valence-electron chi connectivity index (χ1n) is 3.44. The predicted molar refractivity (Wildman–Crippen MR) is 49.1 cm³/mol. The Morgan fingerprint density at radius 3 is 1.86 bits per heavy atom. The zero-order valence-electron chi connectivity index (χ0n) is 6.54. The summed E-state index contributed by atoms with van der Waals surface area (Å²) in [5.74, 6) is 0. The van der Waals surface area contributed by atoms with E-state index in [2.05, 4.69) is 0 Å². The molecule has 0 fully saturated rings. The van der Waals surface area contributed by atoms with E-state index in [1.807, 2.05) is 0 Å². The Morgan fingerprint density at radius 2 is 1.57 bits per heavy atom. The van der Waals surface area contributed by atoms with Crippen molar-refractivity contribution in [3.05, 3.63) is 0 Å². The molecule has 6 nitrogen and oxygen atoms in total. The van der Waals surface area contributed by atoms with E-state index >= 15 is 0 Å². The summed E-state index contributed by atoms with van der Waals surface area (Å²) in [7, 11) is 0. The summed E-state index contributed by atoms with van der Waals surface area (Å²) in [5.41, 5.74) is 0. The van der Waals surface area contributed by atoms with Crippen LogP contribution in [-0.4, -0.2) is 91.4 Å². The number of hydrogen-bond donors (Lipinski definition) is 5. The minimum absolute atomic E-state index is 0. The second kappa shape index (κ2) is 7.98. The monoisotopic (exact) mass is 238 g/mol. The van der Waals surface area contributed by atoms with Crippen molar-refractivity contribution in [1.29, 1.82) is 0 Å². The Morgan fingerprint density at radius 1 is 1.14 bits per heavy atom. The van der Waals surface area contributed by atoms with Crippen LogP contribution in [0, 0.1) is 0 Å². The molecule has 0 amide bonds. The van der Waals surface area contributed by atoms with Crippen LogP contribution in [0.5, 0.6) is 0 Å². The zero-order chi connectivity index (χ0) is 10.6. The van der Waals surface area contributed by atoms with E-state index in [9.17, 15) is 4.79 Å². The summed E-state index contributed by atoms with van der Waals surface area (Å²) >= 11 is 4.81. The van der Waals surface area contributed by atoms with Crippen molar-refractivity contribution in [2.45, 2.75) is 24.4 Å². The third-order valence-electron chi connectivity index (χ3n) is 1.49. The number of rotatable bonds is 5. The van der Waals surface area contributed by atoms with E-state index < -0.39 is 36.3 Å². The first-order valence-corrected chi connectivity index (χ1v) is 3.82. The van der Waals surface area contributed by atoms with E-state index in [4.69, 9.17) is 37.1 Å². The van der Waals surface area contributed by atoms with Crippen LogP contribution in [0.3, 0.4) is 0 Å². The Bertz CT molecular complexity index is 180. The van der Waals surface area contributed by atoms with Crippen molar-refractivity contribution in [2.75, 3.05) is 6.61 Å². The molecule has 0 radical (unpaired) electrons. The second-order valence-electron chi connectivity index (χ2n) is 2.48. The summed E-state index contributed by atoms with van der Waals surface area (Å²) in [6, 6.07) is 0. The summed E-state index contributed by atoms with van der Waals surface area (Å²) in [5, 5.41) is 42.7. The Labute approximate surface area is 107 Å². The summed E-state index contributed by atoms with van der Waals surface area (Å²) in [4.78, 5) is 10.3. The Hall–Kier alpha value is 0.760. The molecule has 0 bridgehead atoms. The Kier molecular flexibility index (Phi) is 9.78. The molecular formula is C6H12ClNaO6. The molecule has 14 heavy (non-hydrogen) atoms. The molecule has 5 N–H and O–H groups in total. The van der Waals surface area contributed by atoms with Gasteiger partial charge in [-0.3, -0.25) is 4.79 Å². The molecule has 4 atom stereocenters. The van der Waals surface area contributed by atoms with Gasteiger partial charge in [-0.05, 0) is 11.6 Å². The maximum absolute atomic E-state index is 10.3. The van der Waals surface area contributed by atoms with Crippen LogP contribution in [-0.2, 0) is 4.79 Å². The van der Waals surface area contributed by atoms with Gasteiger partial charge in [-0.15, -0.1) is 0 Å². The molecule has 0 rings (SSSR count). The molecule has 0 heterocycles. The predicted octanol–water partition coefficient (Wildman–Crippen LogP) is -3.46. The van der Waals surface area contributed by atoms with Gasteiger partial charge in [-0.1, -0.05) is 0 Å². The number of carbonyl (C=O) groups is 1. The van der Waals surface area contributed by atoms with Gasteiger partial charge in [-0.2, -0.15) is 0 Å². The molecule has 0 saturated carbocycles. The van der Waals surface area contributed by atoms with Crippen molar-refractivity contribution < 1.29 is 30.3 Å². The summed E-state index contributed by atoms with van der Waals surface area (Å²) in [6.45, 7) is -0.804. The summed E-state index contributed by atoms with van der Waals surface area (Å²) in [6.07, 6.45) is -7.38. The number of carbonyl (C=O) groups excluding carboxylic acids is 1. The molecule has 0 aliphatic heterocycles. The standard InChI is InChI=1S/C6H11ClO6.Na.H/c7-6(13)5(12)4(11)3(10)2(9)1-8;;/h2-5,8-12H,1H2;;/t2-,3-,4+,5-;;/m1../s1. The molecule has 0 spiro atoms. The van der Waals surface area contributed by atoms with Gasteiger partial charge in [0.2, 0.25) is 0 Å². The molecule has 0 aromatic carbocycles. The van der Waals surface area contributed by atoms with E-state index in [1.54, 1.807) is 0 Å². The molecule has 0 aliphatic rings. The average Bonchev–Trinajstić information content (AvgIpc) is 2.12. The van der Waals surface area contributed by atoms with Gasteiger partial charge in [0.05, 0.1) is 6.61 Å². The number of halogens is 1. The van der Waals surface area contributed by atoms with E-state index in [0.29, 0.717) is 0 Å². The molecule has 0 saturated heterocycles. The van der Waals surface area contributed by atoms with Crippen LogP contribution in [0.15, 0.2) is 0 Å². The average molecular weight is 239 g/mol. The van der Waals surface area contributed by atoms with E-state index in [1.165, 1.54) is 0 Å². The van der Waals surface area contributed by atoms with E-state index in [-0.39, 0.29) is 29.6 Å². The quantitative estimate of drug-likeness (QED) is 0.251. The van der Waals surface area contributed by atoms with Crippen molar-refractivity contribution in [3.63, 3.8) is 0 Å². The minimum atomic E-state index is -1.99. The fourth-order valence-corrected chi connectivity index (χ4v) is 0.786. The van der Waals surface area contributed by atoms with Crippen LogP contribution >= 0.6 is 11.6 Å². The van der Waals surface area contributed by atoms with Gasteiger partial charge in [0.25, 0.3) is 5.24 Å². The fourth-order valence-electron chi connectivity index (χ4n) is 0.657. The van der Waals surface area contributed by atoms with Gasteiger partial charge in [0, 0.05) is 0 Å². The summed E-state index contributed by atoms with van der Waals surface area (Å²) < 4.78 is 0. The number of aliphatic hydroxyl groups excluding tert-OH is 5. The Balaban J connectivity index is 0. The normalized spacial score (nSPS) is 19.0. The second-order valence-corrected chi connectivity index (χ2v) is 2.85. The molecule has 8 heteroatoms. The van der Waals surface area contributed by atoms with Gasteiger partial charge >= 0.3 is 29.6 Å². The molecule has 0 aliphatic carbocycles. The van der Waals surface area contributed by atoms with Gasteiger partial charge in [0.1, 0.15) is 18.3 Å². The maximum atomic E-state index is 10.3.